The predicted octanol–water partition coefficient (Wildman–Crippen LogP) is 2.27. The highest BCUT2D eigenvalue weighted by Crippen LogP contribution is 2.31. The average Bonchev–Trinajstić information content (AvgIpc) is 2.83. The van der Waals surface area contributed by atoms with Gasteiger partial charge in [-0.05, 0) is 36.6 Å². The number of rotatable bonds is 4. The molecule has 5 nitrogen and oxygen atoms in total. The molecule has 1 N–H and O–H groups in total. The Labute approximate surface area is 125 Å². The van der Waals surface area contributed by atoms with E-state index in [1.165, 1.54) is 5.56 Å². The van der Waals surface area contributed by atoms with Gasteiger partial charge in [0.2, 0.25) is 10.0 Å². The van der Waals surface area contributed by atoms with E-state index in [9.17, 15) is 8.42 Å². The van der Waals surface area contributed by atoms with Crippen molar-refractivity contribution in [2.24, 2.45) is 0 Å². The van der Waals surface area contributed by atoms with Crippen LogP contribution in [0.15, 0.2) is 18.2 Å². The molecule has 114 valence electrons. The standard InChI is InChI=1S/C15H20N2O3S/c1-3-8-21(18,19)17-7-6-12-13-9-11(20-2)4-5-14(13)16-15(12)10-17/h4-5,9,16H,3,6-8,10H2,1-2H3. The molecule has 0 spiro atoms. The van der Waals surface area contributed by atoms with Crippen LogP contribution in [-0.2, 0) is 23.0 Å². The smallest absolute Gasteiger partial charge is 0.214 e. The van der Waals surface area contributed by atoms with Crippen LogP contribution < -0.4 is 4.74 Å². The summed E-state index contributed by atoms with van der Waals surface area (Å²) in [6.45, 7) is 2.89. The van der Waals surface area contributed by atoms with Gasteiger partial charge in [-0.15, -0.1) is 0 Å². The van der Waals surface area contributed by atoms with Gasteiger partial charge in [0.05, 0.1) is 19.4 Å². The highest BCUT2D eigenvalue weighted by molar-refractivity contribution is 7.89. The monoisotopic (exact) mass is 308 g/mol. The number of fused-ring (bicyclic) bond motifs is 3. The fourth-order valence-electron chi connectivity index (χ4n) is 2.95. The number of ether oxygens (including phenoxy) is 1. The third-order valence-corrected chi connectivity index (χ3v) is 6.03. The number of hydrogen-bond donors (Lipinski definition) is 1. The Morgan fingerprint density at radius 2 is 2.19 bits per heavy atom. The van der Waals surface area contributed by atoms with Gasteiger partial charge in [-0.25, -0.2) is 8.42 Å². The Balaban J connectivity index is 1.97. The maximum Gasteiger partial charge on any atom is 0.214 e. The van der Waals surface area contributed by atoms with Gasteiger partial charge in [-0.3, -0.25) is 0 Å². The molecule has 0 saturated carbocycles. The Morgan fingerprint density at radius 1 is 1.38 bits per heavy atom. The molecule has 6 heteroatoms. The molecule has 1 aromatic carbocycles. The van der Waals surface area contributed by atoms with E-state index in [1.54, 1.807) is 11.4 Å². The normalized spacial score (nSPS) is 16.1. The summed E-state index contributed by atoms with van der Waals surface area (Å²) in [7, 11) is -1.49. The van der Waals surface area contributed by atoms with E-state index in [-0.39, 0.29) is 5.75 Å². The van der Waals surface area contributed by atoms with Gasteiger partial charge in [0.1, 0.15) is 5.75 Å². The van der Waals surface area contributed by atoms with Crippen LogP contribution in [0.3, 0.4) is 0 Å². The van der Waals surface area contributed by atoms with Gasteiger partial charge in [0.25, 0.3) is 0 Å². The molecule has 0 saturated heterocycles. The lowest BCUT2D eigenvalue weighted by Gasteiger charge is -2.26. The molecule has 0 amide bonds. The summed E-state index contributed by atoms with van der Waals surface area (Å²) in [5, 5.41) is 1.14. The molecule has 1 aliphatic rings. The van der Waals surface area contributed by atoms with Crippen LogP contribution >= 0.6 is 0 Å². The average molecular weight is 308 g/mol. The second kappa shape index (κ2) is 5.35. The van der Waals surface area contributed by atoms with Crippen molar-refractivity contribution < 1.29 is 13.2 Å². The van der Waals surface area contributed by atoms with Crippen LogP contribution in [-0.4, -0.2) is 37.1 Å². The first-order chi connectivity index (χ1) is 10.0. The molecule has 1 aliphatic heterocycles. The quantitative estimate of drug-likeness (QED) is 0.942. The molecular formula is C15H20N2O3S. The van der Waals surface area contributed by atoms with Crippen molar-refractivity contribution in [2.45, 2.75) is 26.3 Å². The van der Waals surface area contributed by atoms with Crippen molar-refractivity contribution in [3.8, 4) is 5.75 Å². The Kier molecular flexibility index (Phi) is 3.67. The molecule has 0 unspecified atom stereocenters. The van der Waals surface area contributed by atoms with E-state index >= 15 is 0 Å². The zero-order valence-corrected chi connectivity index (χ0v) is 13.2. The van der Waals surface area contributed by atoms with Crippen LogP contribution in [0, 0.1) is 0 Å². The zero-order chi connectivity index (χ0) is 15.0. The largest absolute Gasteiger partial charge is 0.497 e. The Morgan fingerprint density at radius 3 is 2.90 bits per heavy atom. The van der Waals surface area contributed by atoms with Crippen molar-refractivity contribution in [3.63, 3.8) is 0 Å². The van der Waals surface area contributed by atoms with Crippen LogP contribution in [0.4, 0.5) is 0 Å². The molecule has 3 rings (SSSR count). The molecule has 2 aromatic rings. The first-order valence-corrected chi connectivity index (χ1v) is 8.81. The van der Waals surface area contributed by atoms with E-state index < -0.39 is 10.0 Å². The second-order valence-corrected chi connectivity index (χ2v) is 7.48. The lowest BCUT2D eigenvalue weighted by Crippen LogP contribution is -2.37. The van der Waals surface area contributed by atoms with Crippen LogP contribution in [0.1, 0.15) is 24.6 Å². The van der Waals surface area contributed by atoms with E-state index in [4.69, 9.17) is 4.74 Å². The fourth-order valence-corrected chi connectivity index (χ4v) is 4.42. The maximum atomic E-state index is 12.2. The summed E-state index contributed by atoms with van der Waals surface area (Å²) in [6.07, 6.45) is 1.39. The maximum absolute atomic E-state index is 12.2. The van der Waals surface area contributed by atoms with Gasteiger partial charge in [0, 0.05) is 23.1 Å². The minimum Gasteiger partial charge on any atom is -0.497 e. The number of benzene rings is 1. The minimum atomic E-state index is -3.14. The second-order valence-electron chi connectivity index (χ2n) is 5.39. The highest BCUT2D eigenvalue weighted by atomic mass is 32.2. The van der Waals surface area contributed by atoms with E-state index in [0.29, 0.717) is 19.5 Å². The van der Waals surface area contributed by atoms with E-state index in [0.717, 1.165) is 28.8 Å². The SMILES string of the molecule is CCCS(=O)(=O)N1CCc2c([nH]c3ccc(OC)cc23)C1. The summed E-state index contributed by atoms with van der Waals surface area (Å²) >= 11 is 0. The van der Waals surface area contributed by atoms with Gasteiger partial charge in [0.15, 0.2) is 0 Å². The summed E-state index contributed by atoms with van der Waals surface area (Å²) in [5.74, 6) is 1.04. The fraction of sp³-hybridized carbons (Fsp3) is 0.467. The molecule has 21 heavy (non-hydrogen) atoms. The Bertz CT molecular complexity index is 765. The van der Waals surface area contributed by atoms with Crippen LogP contribution in [0.2, 0.25) is 0 Å². The number of aromatic amines is 1. The summed E-state index contributed by atoms with van der Waals surface area (Å²) in [4.78, 5) is 3.35. The van der Waals surface area contributed by atoms with Gasteiger partial charge in [-0.2, -0.15) is 4.31 Å². The molecule has 0 radical (unpaired) electrons. The molecule has 1 aromatic heterocycles. The topological polar surface area (TPSA) is 62.4 Å². The third-order valence-electron chi connectivity index (χ3n) is 4.00. The minimum absolute atomic E-state index is 0.219. The lowest BCUT2D eigenvalue weighted by molar-refractivity contribution is 0.388. The summed E-state index contributed by atoms with van der Waals surface area (Å²) in [5.41, 5.74) is 3.26. The number of hydrogen-bond acceptors (Lipinski definition) is 3. The lowest BCUT2D eigenvalue weighted by atomic mass is 10.0. The number of methoxy groups -OCH3 is 1. The number of sulfonamides is 1. The van der Waals surface area contributed by atoms with Gasteiger partial charge >= 0.3 is 0 Å². The first kappa shape index (κ1) is 14.4. The van der Waals surface area contributed by atoms with Crippen LogP contribution in [0.5, 0.6) is 5.75 Å². The number of aromatic nitrogens is 1. The third kappa shape index (κ3) is 2.53. The molecule has 0 aliphatic carbocycles. The van der Waals surface area contributed by atoms with Crippen molar-refractivity contribution in [1.29, 1.82) is 0 Å². The van der Waals surface area contributed by atoms with E-state index in [2.05, 4.69) is 4.98 Å². The number of nitrogens with zero attached hydrogens (tertiary/aromatic N) is 1. The number of H-pyrrole nitrogens is 1. The van der Waals surface area contributed by atoms with Gasteiger partial charge in [-0.1, -0.05) is 6.92 Å². The first-order valence-electron chi connectivity index (χ1n) is 7.20. The molecular weight excluding hydrogens is 288 g/mol. The predicted molar refractivity (Wildman–Crippen MR) is 83.0 cm³/mol. The van der Waals surface area contributed by atoms with Crippen LogP contribution in [0.25, 0.3) is 10.9 Å². The van der Waals surface area contributed by atoms with Gasteiger partial charge < -0.3 is 9.72 Å². The molecule has 2 heterocycles. The van der Waals surface area contributed by atoms with Crippen molar-refractivity contribution >= 4 is 20.9 Å². The van der Waals surface area contributed by atoms with Crippen molar-refractivity contribution in [2.75, 3.05) is 19.4 Å². The highest BCUT2D eigenvalue weighted by Gasteiger charge is 2.28. The van der Waals surface area contributed by atoms with Crippen molar-refractivity contribution in [3.05, 3.63) is 29.5 Å². The zero-order valence-electron chi connectivity index (χ0n) is 12.3. The molecule has 0 fully saturated rings. The van der Waals surface area contributed by atoms with Crippen molar-refractivity contribution in [1.82, 2.24) is 9.29 Å². The summed E-state index contributed by atoms with van der Waals surface area (Å²) in [6, 6.07) is 5.91. The Hall–Kier alpha value is -1.53. The molecule has 0 atom stereocenters. The molecule has 0 bridgehead atoms. The van der Waals surface area contributed by atoms with E-state index in [1.807, 2.05) is 25.1 Å². The summed E-state index contributed by atoms with van der Waals surface area (Å²) < 4.78 is 31.3. The number of nitrogens with one attached hydrogen (secondary N) is 1.